The number of nitrogens with one attached hydrogen (secondary N) is 3. The molecule has 0 aliphatic heterocycles. The molecule has 1 saturated carbocycles. The highest BCUT2D eigenvalue weighted by Crippen LogP contribution is 2.28. The van der Waals surface area contributed by atoms with Crippen LogP contribution in [0.5, 0.6) is 5.75 Å². The van der Waals surface area contributed by atoms with Crippen molar-refractivity contribution in [3.8, 4) is 5.75 Å². The molecule has 1 fully saturated rings. The highest BCUT2D eigenvalue weighted by molar-refractivity contribution is 6.38. The lowest BCUT2D eigenvalue weighted by Crippen LogP contribution is -2.56. The number of nitro benzene ring substituents is 1. The average molecular weight is 641 g/mol. The minimum absolute atomic E-state index is 0.0708. The van der Waals surface area contributed by atoms with Crippen molar-refractivity contribution in [1.82, 2.24) is 16.0 Å². The predicted octanol–water partition coefficient (Wildman–Crippen LogP) is 2.62. The van der Waals surface area contributed by atoms with Gasteiger partial charge in [0, 0.05) is 6.07 Å². The summed E-state index contributed by atoms with van der Waals surface area (Å²) in [5, 5.41) is 19.0. The maximum absolute atomic E-state index is 13.7. The quantitative estimate of drug-likeness (QED) is 0.100. The molecule has 3 N–H and O–H groups in total. The van der Waals surface area contributed by atoms with E-state index in [2.05, 4.69) is 16.0 Å². The third kappa shape index (κ3) is 10.9. The topological polar surface area (TPSA) is 192 Å². The van der Waals surface area contributed by atoms with Gasteiger partial charge in [-0.3, -0.25) is 34.1 Å². The Balaban J connectivity index is 1.83. The first-order valence-corrected chi connectivity index (χ1v) is 15.2. The lowest BCUT2D eigenvalue weighted by atomic mass is 9.84. The fraction of sp³-hybridized carbons (Fsp3) is 0.469. The summed E-state index contributed by atoms with van der Waals surface area (Å²) in [6, 6.07) is 10.0. The van der Waals surface area contributed by atoms with E-state index < -0.39 is 65.3 Å². The van der Waals surface area contributed by atoms with Gasteiger partial charge in [0.1, 0.15) is 29.9 Å². The molecule has 0 heterocycles. The van der Waals surface area contributed by atoms with Gasteiger partial charge in [-0.2, -0.15) is 0 Å². The first kappa shape index (κ1) is 35.6. The van der Waals surface area contributed by atoms with Gasteiger partial charge in [-0.1, -0.05) is 62.4 Å². The number of ether oxygens (including phenoxy) is 3. The van der Waals surface area contributed by atoms with E-state index in [0.29, 0.717) is 0 Å². The van der Waals surface area contributed by atoms with Crippen molar-refractivity contribution in [3.05, 3.63) is 69.8 Å². The van der Waals surface area contributed by atoms with Crippen LogP contribution in [-0.4, -0.2) is 73.3 Å². The van der Waals surface area contributed by atoms with E-state index in [9.17, 15) is 34.1 Å². The van der Waals surface area contributed by atoms with Gasteiger partial charge >= 0.3 is 5.97 Å². The van der Waals surface area contributed by atoms with Gasteiger partial charge < -0.3 is 30.2 Å². The molecule has 0 spiro atoms. The number of nitro groups is 1. The molecule has 0 radical (unpaired) electrons. The van der Waals surface area contributed by atoms with E-state index in [1.165, 1.54) is 19.2 Å². The van der Waals surface area contributed by atoms with Crippen LogP contribution in [0.4, 0.5) is 5.69 Å². The third-order valence-electron chi connectivity index (χ3n) is 7.51. The van der Waals surface area contributed by atoms with Crippen molar-refractivity contribution < 1.29 is 43.1 Å². The molecule has 0 unspecified atom stereocenters. The van der Waals surface area contributed by atoms with Crippen LogP contribution < -0.4 is 20.7 Å². The molecule has 3 amide bonds. The van der Waals surface area contributed by atoms with E-state index >= 15 is 0 Å². The van der Waals surface area contributed by atoms with Gasteiger partial charge in [0.2, 0.25) is 11.7 Å². The zero-order chi connectivity index (χ0) is 33.5. The van der Waals surface area contributed by atoms with Gasteiger partial charge in [-0.05, 0) is 37.0 Å². The SMILES string of the molecule is CCOC(=O)CNC(=O)C(=O)[C@H](COCc1ccccc1)NC(=O)[C@@H](CC1CCCCC1)NC(=O)c1cc(OC)ccc1[N+](=O)[O-]. The highest BCUT2D eigenvalue weighted by Gasteiger charge is 2.33. The third-order valence-corrected chi connectivity index (χ3v) is 7.51. The second kappa shape index (κ2) is 18.2. The number of hydrogen-bond acceptors (Lipinski definition) is 10. The smallest absolute Gasteiger partial charge is 0.325 e. The number of methoxy groups -OCH3 is 1. The summed E-state index contributed by atoms with van der Waals surface area (Å²) in [6.07, 6.45) is 4.78. The predicted molar refractivity (Wildman–Crippen MR) is 165 cm³/mol. The maximum atomic E-state index is 13.7. The lowest BCUT2D eigenvalue weighted by Gasteiger charge is -2.28. The Kier molecular flexibility index (Phi) is 14.1. The zero-order valence-electron chi connectivity index (χ0n) is 26.0. The monoisotopic (exact) mass is 640 g/mol. The first-order chi connectivity index (χ1) is 22.1. The van der Waals surface area contributed by atoms with Gasteiger partial charge in [-0.25, -0.2) is 0 Å². The maximum Gasteiger partial charge on any atom is 0.325 e. The highest BCUT2D eigenvalue weighted by atomic mass is 16.6. The summed E-state index contributed by atoms with van der Waals surface area (Å²) in [4.78, 5) is 75.7. The lowest BCUT2D eigenvalue weighted by molar-refractivity contribution is -0.385. The zero-order valence-corrected chi connectivity index (χ0v) is 26.0. The normalized spacial score (nSPS) is 14.3. The van der Waals surface area contributed by atoms with Crippen molar-refractivity contribution in [1.29, 1.82) is 0 Å². The Bertz CT molecular complexity index is 1380. The van der Waals surface area contributed by atoms with E-state index in [1.54, 1.807) is 31.2 Å². The second-order valence-electron chi connectivity index (χ2n) is 10.8. The minimum atomic E-state index is -1.48. The van der Waals surface area contributed by atoms with Crippen LogP contribution in [0.15, 0.2) is 48.5 Å². The molecule has 1 aliphatic carbocycles. The molecule has 1 aliphatic rings. The molecule has 14 heteroatoms. The number of carbonyl (C=O) groups excluding carboxylic acids is 5. The van der Waals surface area contributed by atoms with Crippen molar-refractivity contribution in [2.75, 3.05) is 26.9 Å². The van der Waals surface area contributed by atoms with Gasteiger partial charge in [0.15, 0.2) is 0 Å². The molecule has 3 rings (SSSR count). The van der Waals surface area contributed by atoms with E-state index in [1.807, 2.05) is 6.07 Å². The fourth-order valence-electron chi connectivity index (χ4n) is 5.14. The number of benzene rings is 2. The summed E-state index contributed by atoms with van der Waals surface area (Å²) in [5.41, 5.74) is 0.00725. The molecule has 14 nitrogen and oxygen atoms in total. The van der Waals surface area contributed by atoms with Gasteiger partial charge in [0.05, 0.1) is 31.9 Å². The molecular formula is C32H40N4O10. The summed E-state index contributed by atoms with van der Waals surface area (Å²) in [6.45, 7) is 0.811. The van der Waals surface area contributed by atoms with Crippen LogP contribution in [0.25, 0.3) is 0 Å². The van der Waals surface area contributed by atoms with Crippen LogP contribution in [0.2, 0.25) is 0 Å². The largest absolute Gasteiger partial charge is 0.497 e. The summed E-state index contributed by atoms with van der Waals surface area (Å²) < 4.78 is 15.6. The number of esters is 1. The number of Topliss-reactive ketones (excluding diaryl/α,β-unsaturated/α-hetero) is 1. The number of nitrogens with zero attached hydrogens (tertiary/aromatic N) is 1. The molecule has 0 saturated heterocycles. The average Bonchev–Trinajstić information content (AvgIpc) is 3.06. The summed E-state index contributed by atoms with van der Waals surface area (Å²) >= 11 is 0. The minimum Gasteiger partial charge on any atom is -0.497 e. The second-order valence-corrected chi connectivity index (χ2v) is 10.8. The molecule has 0 aromatic heterocycles. The molecule has 2 aromatic rings. The van der Waals surface area contributed by atoms with Crippen LogP contribution in [0.1, 0.15) is 61.4 Å². The molecular weight excluding hydrogens is 600 g/mol. The Hall–Kier alpha value is -4.85. The number of carbonyl (C=O) groups is 5. The molecule has 2 atom stereocenters. The summed E-state index contributed by atoms with van der Waals surface area (Å²) in [5.74, 6) is -4.33. The van der Waals surface area contributed by atoms with Crippen LogP contribution in [-0.2, 0) is 35.3 Å². The van der Waals surface area contributed by atoms with Crippen molar-refractivity contribution in [3.63, 3.8) is 0 Å². The summed E-state index contributed by atoms with van der Waals surface area (Å²) in [7, 11) is 1.35. The van der Waals surface area contributed by atoms with Gasteiger partial charge in [-0.15, -0.1) is 0 Å². The number of rotatable bonds is 17. The standard InChI is InChI=1S/C32H40N4O10/c1-3-46-28(37)18-33-32(41)29(38)26(20-45-19-22-12-8-5-9-13-22)35-31(40)25(16-21-10-6-4-7-11-21)34-30(39)24-17-23(44-2)14-15-27(24)36(42)43/h5,8-9,12-15,17,21,25-26H,3-4,6-7,10-11,16,18-20H2,1-2H3,(H,33,41)(H,34,39)(H,35,40)/t25-,26+/m1/s1. The van der Waals surface area contributed by atoms with E-state index in [4.69, 9.17) is 14.2 Å². The number of amides is 3. The van der Waals surface area contributed by atoms with Gasteiger partial charge in [0.25, 0.3) is 17.5 Å². The van der Waals surface area contributed by atoms with Crippen LogP contribution >= 0.6 is 0 Å². The van der Waals surface area contributed by atoms with Crippen LogP contribution in [0, 0.1) is 16.0 Å². The Labute approximate surface area is 266 Å². The van der Waals surface area contributed by atoms with Crippen molar-refractivity contribution in [2.45, 2.75) is 64.1 Å². The molecule has 0 bridgehead atoms. The van der Waals surface area contributed by atoms with Crippen LogP contribution in [0.3, 0.4) is 0 Å². The molecule has 248 valence electrons. The van der Waals surface area contributed by atoms with E-state index in [-0.39, 0.29) is 36.9 Å². The van der Waals surface area contributed by atoms with Crippen molar-refractivity contribution >= 4 is 35.2 Å². The molecule has 46 heavy (non-hydrogen) atoms. The number of ketones is 1. The van der Waals surface area contributed by atoms with E-state index in [0.717, 1.165) is 43.7 Å². The Morgan fingerprint density at radius 2 is 1.70 bits per heavy atom. The molecule has 2 aromatic carbocycles. The fourth-order valence-corrected chi connectivity index (χ4v) is 5.14. The Morgan fingerprint density at radius 3 is 2.35 bits per heavy atom. The van der Waals surface area contributed by atoms with Crippen molar-refractivity contribution in [2.24, 2.45) is 5.92 Å². The Morgan fingerprint density at radius 1 is 0.978 bits per heavy atom. The first-order valence-electron chi connectivity index (χ1n) is 15.2. The number of hydrogen-bond donors (Lipinski definition) is 3.